The molecule has 0 bridgehead atoms. The van der Waals surface area contributed by atoms with Crippen LogP contribution < -0.4 is 5.73 Å². The molecule has 0 spiro atoms. The van der Waals surface area contributed by atoms with E-state index in [0.717, 1.165) is 18.8 Å². The van der Waals surface area contributed by atoms with Crippen LogP contribution in [0.1, 0.15) is 22.5 Å². The SMILES string of the molecule is COCCN(CCC(N)=S)Cc1ccc(C(=O)OC)cn1. The lowest BCUT2D eigenvalue weighted by Crippen LogP contribution is -2.30. The number of hydrogen-bond donors (Lipinski definition) is 1. The zero-order chi connectivity index (χ0) is 15.7. The monoisotopic (exact) mass is 311 g/mol. The number of carbonyl (C=O) groups excluding carboxylic acids is 1. The first-order chi connectivity index (χ1) is 10.1. The molecule has 6 nitrogen and oxygen atoms in total. The Labute approximate surface area is 130 Å². The highest BCUT2D eigenvalue weighted by molar-refractivity contribution is 7.80. The average molecular weight is 311 g/mol. The summed E-state index contributed by atoms with van der Waals surface area (Å²) in [7, 11) is 3.01. The molecule has 1 aromatic heterocycles. The Morgan fingerprint density at radius 3 is 2.67 bits per heavy atom. The number of rotatable bonds is 9. The van der Waals surface area contributed by atoms with Gasteiger partial charge in [0.15, 0.2) is 0 Å². The number of methoxy groups -OCH3 is 2. The Hall–Kier alpha value is -1.57. The standard InChI is InChI=1S/C14H21N3O3S/c1-19-8-7-17(6-5-13(15)21)10-12-4-3-11(9-16-12)14(18)20-2/h3-4,9H,5-8,10H2,1-2H3,(H2,15,21). The van der Waals surface area contributed by atoms with Crippen LogP contribution in [0.25, 0.3) is 0 Å². The van der Waals surface area contributed by atoms with Crippen LogP contribution in [0.4, 0.5) is 0 Å². The molecule has 0 aliphatic rings. The highest BCUT2D eigenvalue weighted by Crippen LogP contribution is 2.06. The number of aromatic nitrogens is 1. The van der Waals surface area contributed by atoms with Crippen molar-refractivity contribution in [3.8, 4) is 0 Å². The van der Waals surface area contributed by atoms with Crippen molar-refractivity contribution in [2.75, 3.05) is 33.9 Å². The Morgan fingerprint density at radius 2 is 2.14 bits per heavy atom. The minimum atomic E-state index is -0.390. The van der Waals surface area contributed by atoms with E-state index in [9.17, 15) is 4.79 Å². The molecule has 0 fully saturated rings. The number of esters is 1. The smallest absolute Gasteiger partial charge is 0.339 e. The average Bonchev–Trinajstić information content (AvgIpc) is 2.49. The fourth-order valence-electron chi connectivity index (χ4n) is 1.74. The van der Waals surface area contributed by atoms with E-state index in [4.69, 9.17) is 22.7 Å². The number of thiocarbonyl (C=S) groups is 1. The van der Waals surface area contributed by atoms with E-state index >= 15 is 0 Å². The van der Waals surface area contributed by atoms with Crippen LogP contribution in [0.15, 0.2) is 18.3 Å². The maximum Gasteiger partial charge on any atom is 0.339 e. The lowest BCUT2D eigenvalue weighted by Gasteiger charge is -2.21. The van der Waals surface area contributed by atoms with Gasteiger partial charge in [-0.05, 0) is 12.1 Å². The lowest BCUT2D eigenvalue weighted by atomic mass is 10.2. The quantitative estimate of drug-likeness (QED) is 0.538. The van der Waals surface area contributed by atoms with E-state index in [2.05, 4.69) is 14.6 Å². The molecule has 0 unspecified atom stereocenters. The summed E-state index contributed by atoms with van der Waals surface area (Å²) in [6, 6.07) is 3.52. The molecule has 0 aromatic carbocycles. The molecule has 1 aromatic rings. The molecule has 21 heavy (non-hydrogen) atoms. The largest absolute Gasteiger partial charge is 0.465 e. The van der Waals surface area contributed by atoms with Gasteiger partial charge in [0.25, 0.3) is 0 Å². The molecule has 0 radical (unpaired) electrons. The van der Waals surface area contributed by atoms with Crippen molar-refractivity contribution in [3.63, 3.8) is 0 Å². The van der Waals surface area contributed by atoms with Crippen molar-refractivity contribution in [2.24, 2.45) is 5.73 Å². The van der Waals surface area contributed by atoms with Gasteiger partial charge in [-0.1, -0.05) is 12.2 Å². The van der Waals surface area contributed by atoms with Crippen molar-refractivity contribution in [3.05, 3.63) is 29.6 Å². The summed E-state index contributed by atoms with van der Waals surface area (Å²) in [5.74, 6) is -0.390. The van der Waals surface area contributed by atoms with Gasteiger partial charge in [-0.2, -0.15) is 0 Å². The third-order valence-electron chi connectivity index (χ3n) is 2.92. The second-order valence-electron chi connectivity index (χ2n) is 4.52. The maximum absolute atomic E-state index is 11.3. The summed E-state index contributed by atoms with van der Waals surface area (Å²) in [5.41, 5.74) is 6.84. The topological polar surface area (TPSA) is 77.7 Å². The highest BCUT2D eigenvalue weighted by Gasteiger charge is 2.09. The van der Waals surface area contributed by atoms with E-state index in [1.807, 2.05) is 6.07 Å². The number of ether oxygens (including phenoxy) is 2. The van der Waals surface area contributed by atoms with Crippen LogP contribution in [-0.2, 0) is 16.0 Å². The van der Waals surface area contributed by atoms with Gasteiger partial charge in [0.2, 0.25) is 0 Å². The predicted molar refractivity (Wildman–Crippen MR) is 84.1 cm³/mol. The Bertz CT molecular complexity index is 465. The molecular weight excluding hydrogens is 290 g/mol. The number of nitrogens with two attached hydrogens (primary N) is 1. The predicted octanol–water partition coefficient (Wildman–Crippen LogP) is 0.993. The van der Waals surface area contributed by atoms with E-state index in [1.54, 1.807) is 13.2 Å². The molecule has 1 heterocycles. The molecule has 2 N–H and O–H groups in total. The Morgan fingerprint density at radius 1 is 1.38 bits per heavy atom. The van der Waals surface area contributed by atoms with Gasteiger partial charge in [-0.25, -0.2) is 4.79 Å². The minimum absolute atomic E-state index is 0.390. The van der Waals surface area contributed by atoms with Crippen molar-refractivity contribution < 1.29 is 14.3 Å². The summed E-state index contributed by atoms with van der Waals surface area (Å²) < 4.78 is 9.74. The summed E-state index contributed by atoms with van der Waals surface area (Å²) >= 11 is 4.90. The van der Waals surface area contributed by atoms with Gasteiger partial charge in [-0.15, -0.1) is 0 Å². The molecule has 0 aliphatic heterocycles. The summed E-state index contributed by atoms with van der Waals surface area (Å²) in [5, 5.41) is 0. The molecule has 0 saturated heterocycles. The fourth-order valence-corrected chi connectivity index (χ4v) is 1.84. The van der Waals surface area contributed by atoms with Gasteiger partial charge in [0.05, 0.1) is 30.0 Å². The zero-order valence-electron chi connectivity index (χ0n) is 12.4. The molecular formula is C14H21N3O3S. The first kappa shape index (κ1) is 17.5. The first-order valence-corrected chi connectivity index (χ1v) is 7.00. The number of hydrogen-bond acceptors (Lipinski definition) is 6. The van der Waals surface area contributed by atoms with Crippen LogP contribution in [0.2, 0.25) is 0 Å². The van der Waals surface area contributed by atoms with E-state index in [1.165, 1.54) is 13.3 Å². The van der Waals surface area contributed by atoms with Crippen molar-refractivity contribution in [2.45, 2.75) is 13.0 Å². The Kier molecular flexibility index (Phi) is 7.81. The van der Waals surface area contributed by atoms with Crippen molar-refractivity contribution >= 4 is 23.2 Å². The third-order valence-corrected chi connectivity index (χ3v) is 3.12. The molecule has 7 heteroatoms. The van der Waals surface area contributed by atoms with Crippen LogP contribution in [0, 0.1) is 0 Å². The fraction of sp³-hybridized carbons (Fsp3) is 0.500. The van der Waals surface area contributed by atoms with Gasteiger partial charge in [0, 0.05) is 39.4 Å². The maximum atomic E-state index is 11.3. The lowest BCUT2D eigenvalue weighted by molar-refractivity contribution is 0.0600. The molecule has 116 valence electrons. The number of nitrogens with zero attached hydrogens (tertiary/aromatic N) is 2. The molecule has 0 saturated carbocycles. The summed E-state index contributed by atoms with van der Waals surface area (Å²) in [6.07, 6.45) is 2.17. The first-order valence-electron chi connectivity index (χ1n) is 6.59. The number of pyridine rings is 1. The second kappa shape index (κ2) is 9.38. The van der Waals surface area contributed by atoms with Gasteiger partial charge in [-0.3, -0.25) is 9.88 Å². The number of carbonyl (C=O) groups is 1. The van der Waals surface area contributed by atoms with Gasteiger partial charge in [0.1, 0.15) is 0 Å². The van der Waals surface area contributed by atoms with E-state index in [-0.39, 0.29) is 0 Å². The third kappa shape index (κ3) is 6.61. The van der Waals surface area contributed by atoms with Crippen molar-refractivity contribution in [1.82, 2.24) is 9.88 Å². The zero-order valence-corrected chi connectivity index (χ0v) is 13.2. The molecule has 0 aliphatic carbocycles. The molecule has 0 atom stereocenters. The normalized spacial score (nSPS) is 10.6. The van der Waals surface area contributed by atoms with Crippen LogP contribution >= 0.6 is 12.2 Å². The second-order valence-corrected chi connectivity index (χ2v) is 5.04. The molecule has 1 rings (SSSR count). The van der Waals surface area contributed by atoms with Gasteiger partial charge < -0.3 is 15.2 Å². The van der Waals surface area contributed by atoms with E-state index in [0.29, 0.717) is 30.1 Å². The van der Waals surface area contributed by atoms with Crippen LogP contribution in [-0.4, -0.2) is 54.8 Å². The highest BCUT2D eigenvalue weighted by atomic mass is 32.1. The van der Waals surface area contributed by atoms with Crippen molar-refractivity contribution in [1.29, 1.82) is 0 Å². The minimum Gasteiger partial charge on any atom is -0.465 e. The van der Waals surface area contributed by atoms with E-state index < -0.39 is 5.97 Å². The Balaban J connectivity index is 2.63. The van der Waals surface area contributed by atoms with Gasteiger partial charge >= 0.3 is 5.97 Å². The summed E-state index contributed by atoms with van der Waals surface area (Å²) in [6.45, 7) is 2.78. The van der Waals surface area contributed by atoms with Crippen LogP contribution in [0.3, 0.4) is 0 Å². The summed E-state index contributed by atoms with van der Waals surface area (Å²) in [4.78, 5) is 18.3. The molecule has 0 amide bonds. The van der Waals surface area contributed by atoms with Crippen LogP contribution in [0.5, 0.6) is 0 Å².